The Bertz CT molecular complexity index is 992. The van der Waals surface area contributed by atoms with Gasteiger partial charge in [0, 0.05) is 24.8 Å². The SMILES string of the molecule is CCOc1ccc(NC(=O)C(C)Oc2ccc(Cl)cc2C)cc1S(=O)(=O)N(C)C. The number of halogens is 1. The number of aryl methyl sites for hydroxylation is 1. The quantitative estimate of drug-likeness (QED) is 0.676. The molecule has 158 valence electrons. The fraction of sp³-hybridized carbons (Fsp3) is 0.350. The van der Waals surface area contributed by atoms with Crippen LogP contribution in [0.15, 0.2) is 41.3 Å². The van der Waals surface area contributed by atoms with E-state index in [1.165, 1.54) is 26.2 Å². The molecule has 0 bridgehead atoms. The third-order valence-electron chi connectivity index (χ3n) is 4.08. The Morgan fingerprint density at radius 3 is 2.41 bits per heavy atom. The summed E-state index contributed by atoms with van der Waals surface area (Å²) in [5.74, 6) is 0.344. The van der Waals surface area contributed by atoms with Crippen molar-refractivity contribution in [1.82, 2.24) is 4.31 Å². The van der Waals surface area contributed by atoms with Crippen molar-refractivity contribution in [1.29, 1.82) is 0 Å². The van der Waals surface area contributed by atoms with Crippen molar-refractivity contribution < 1.29 is 22.7 Å². The first-order valence-electron chi connectivity index (χ1n) is 8.99. The van der Waals surface area contributed by atoms with E-state index >= 15 is 0 Å². The summed E-state index contributed by atoms with van der Waals surface area (Å²) in [5, 5.41) is 3.26. The molecule has 7 nitrogen and oxygen atoms in total. The van der Waals surface area contributed by atoms with E-state index in [0.29, 0.717) is 23.1 Å². The van der Waals surface area contributed by atoms with Gasteiger partial charge in [-0.05, 0) is 62.7 Å². The van der Waals surface area contributed by atoms with Gasteiger partial charge in [-0.1, -0.05) is 11.6 Å². The van der Waals surface area contributed by atoms with E-state index in [1.807, 2.05) is 6.92 Å². The third kappa shape index (κ3) is 5.62. The standard InChI is InChI=1S/C20H25ClN2O5S/c1-6-27-18-10-8-16(12-19(18)29(25,26)23(4)5)22-20(24)14(3)28-17-9-7-15(21)11-13(17)2/h7-12,14H,6H2,1-5H3,(H,22,24). The van der Waals surface area contributed by atoms with Crippen LogP contribution in [0.3, 0.4) is 0 Å². The molecular formula is C20H25ClN2O5S. The number of amides is 1. The van der Waals surface area contributed by atoms with Gasteiger partial charge >= 0.3 is 0 Å². The van der Waals surface area contributed by atoms with Crippen molar-refractivity contribution in [3.8, 4) is 11.5 Å². The Kier molecular flexibility index (Phi) is 7.51. The highest BCUT2D eigenvalue weighted by Crippen LogP contribution is 2.29. The van der Waals surface area contributed by atoms with E-state index in [2.05, 4.69) is 5.32 Å². The fourth-order valence-corrected chi connectivity index (χ4v) is 3.77. The minimum absolute atomic E-state index is 0.0238. The minimum atomic E-state index is -3.75. The summed E-state index contributed by atoms with van der Waals surface area (Å²) in [7, 11) is -0.891. The maximum absolute atomic E-state index is 12.6. The number of sulfonamides is 1. The number of hydrogen-bond donors (Lipinski definition) is 1. The lowest BCUT2D eigenvalue weighted by Gasteiger charge is -2.18. The number of nitrogens with zero attached hydrogens (tertiary/aromatic N) is 1. The zero-order chi connectivity index (χ0) is 21.8. The molecule has 0 saturated heterocycles. The Balaban J connectivity index is 2.23. The van der Waals surface area contributed by atoms with Gasteiger partial charge in [0.05, 0.1) is 6.61 Å². The Morgan fingerprint density at radius 2 is 1.83 bits per heavy atom. The van der Waals surface area contributed by atoms with E-state index in [4.69, 9.17) is 21.1 Å². The highest BCUT2D eigenvalue weighted by molar-refractivity contribution is 7.89. The Hall–Kier alpha value is -2.29. The summed E-state index contributed by atoms with van der Waals surface area (Å²) in [6.45, 7) is 5.51. The molecule has 0 heterocycles. The van der Waals surface area contributed by atoms with Crippen molar-refractivity contribution in [2.75, 3.05) is 26.0 Å². The zero-order valence-electron chi connectivity index (χ0n) is 17.0. The number of benzene rings is 2. The predicted molar refractivity (Wildman–Crippen MR) is 113 cm³/mol. The highest BCUT2D eigenvalue weighted by Gasteiger charge is 2.24. The molecule has 0 spiro atoms. The molecule has 1 unspecified atom stereocenters. The second-order valence-electron chi connectivity index (χ2n) is 6.54. The molecule has 0 fully saturated rings. The van der Waals surface area contributed by atoms with Gasteiger partial charge in [-0.25, -0.2) is 12.7 Å². The molecule has 1 atom stereocenters. The molecule has 9 heteroatoms. The van der Waals surface area contributed by atoms with Gasteiger partial charge in [-0.3, -0.25) is 4.79 Å². The number of hydrogen-bond acceptors (Lipinski definition) is 5. The van der Waals surface area contributed by atoms with Crippen molar-refractivity contribution in [2.24, 2.45) is 0 Å². The van der Waals surface area contributed by atoms with E-state index in [1.54, 1.807) is 38.1 Å². The van der Waals surface area contributed by atoms with E-state index in [9.17, 15) is 13.2 Å². The summed E-state index contributed by atoms with van der Waals surface area (Å²) in [4.78, 5) is 12.5. The summed E-state index contributed by atoms with van der Waals surface area (Å²) in [6.07, 6.45) is -0.810. The van der Waals surface area contributed by atoms with Crippen LogP contribution in [0, 0.1) is 6.92 Å². The average molecular weight is 441 g/mol. The van der Waals surface area contributed by atoms with Crippen LogP contribution in [-0.4, -0.2) is 45.4 Å². The van der Waals surface area contributed by atoms with Crippen molar-refractivity contribution in [2.45, 2.75) is 31.8 Å². The molecule has 2 aromatic carbocycles. The van der Waals surface area contributed by atoms with E-state index in [-0.39, 0.29) is 10.6 Å². The Labute approximate surface area is 176 Å². The van der Waals surface area contributed by atoms with Crippen molar-refractivity contribution in [3.63, 3.8) is 0 Å². The molecule has 2 aromatic rings. The van der Waals surface area contributed by atoms with Gasteiger partial charge in [0.15, 0.2) is 6.10 Å². The van der Waals surface area contributed by atoms with E-state index in [0.717, 1.165) is 9.87 Å². The second kappa shape index (κ2) is 9.47. The van der Waals surface area contributed by atoms with Gasteiger partial charge in [-0.15, -0.1) is 0 Å². The first-order chi connectivity index (χ1) is 13.6. The van der Waals surface area contributed by atoms with Crippen molar-refractivity contribution in [3.05, 3.63) is 47.0 Å². The maximum Gasteiger partial charge on any atom is 0.265 e. The molecule has 0 saturated carbocycles. The third-order valence-corrected chi connectivity index (χ3v) is 6.15. The van der Waals surface area contributed by atoms with Gasteiger partial charge in [-0.2, -0.15) is 0 Å². The fourth-order valence-electron chi connectivity index (χ4n) is 2.49. The molecule has 0 aliphatic carbocycles. The van der Waals surface area contributed by atoms with Crippen LogP contribution in [0.25, 0.3) is 0 Å². The van der Waals surface area contributed by atoms with Crippen LogP contribution in [0.5, 0.6) is 11.5 Å². The summed E-state index contributed by atoms with van der Waals surface area (Å²) >= 11 is 5.93. The molecule has 1 N–H and O–H groups in total. The molecule has 2 rings (SSSR count). The van der Waals surface area contributed by atoms with Crippen LogP contribution in [0.1, 0.15) is 19.4 Å². The lowest BCUT2D eigenvalue weighted by atomic mass is 10.2. The summed E-state index contributed by atoms with van der Waals surface area (Å²) in [5.41, 5.74) is 1.12. The topological polar surface area (TPSA) is 84.9 Å². The first-order valence-corrected chi connectivity index (χ1v) is 10.8. The van der Waals surface area contributed by atoms with Crippen molar-refractivity contribution >= 4 is 33.2 Å². The molecule has 29 heavy (non-hydrogen) atoms. The van der Waals surface area contributed by atoms with Gasteiger partial charge < -0.3 is 14.8 Å². The van der Waals surface area contributed by atoms with Gasteiger partial charge in [0.1, 0.15) is 16.4 Å². The number of carbonyl (C=O) groups is 1. The monoisotopic (exact) mass is 440 g/mol. The smallest absolute Gasteiger partial charge is 0.265 e. The zero-order valence-corrected chi connectivity index (χ0v) is 18.6. The number of carbonyl (C=O) groups excluding carboxylic acids is 1. The normalized spacial score (nSPS) is 12.5. The number of rotatable bonds is 8. The minimum Gasteiger partial charge on any atom is -0.492 e. The summed E-state index contributed by atoms with van der Waals surface area (Å²) in [6, 6.07) is 9.59. The Morgan fingerprint density at radius 1 is 1.17 bits per heavy atom. The largest absolute Gasteiger partial charge is 0.492 e. The van der Waals surface area contributed by atoms with Gasteiger partial charge in [0.2, 0.25) is 10.0 Å². The van der Waals surface area contributed by atoms with Crippen LogP contribution in [0.4, 0.5) is 5.69 Å². The van der Waals surface area contributed by atoms with Crippen LogP contribution in [0.2, 0.25) is 5.02 Å². The number of ether oxygens (including phenoxy) is 2. The summed E-state index contributed by atoms with van der Waals surface area (Å²) < 4.78 is 37.4. The first kappa shape index (κ1) is 23.0. The molecule has 0 aliphatic rings. The molecule has 0 radical (unpaired) electrons. The van der Waals surface area contributed by atoms with Crippen LogP contribution < -0.4 is 14.8 Å². The highest BCUT2D eigenvalue weighted by atomic mass is 35.5. The lowest BCUT2D eigenvalue weighted by Crippen LogP contribution is -2.30. The lowest BCUT2D eigenvalue weighted by molar-refractivity contribution is -0.122. The molecular weight excluding hydrogens is 416 g/mol. The average Bonchev–Trinajstić information content (AvgIpc) is 2.65. The molecule has 0 aromatic heterocycles. The second-order valence-corrected chi connectivity index (χ2v) is 9.10. The number of nitrogens with one attached hydrogen (secondary N) is 1. The predicted octanol–water partition coefficient (Wildman–Crippen LogP) is 3.70. The van der Waals surface area contributed by atoms with E-state index < -0.39 is 22.0 Å². The molecule has 1 amide bonds. The molecule has 0 aliphatic heterocycles. The number of anilines is 1. The van der Waals surface area contributed by atoms with Crippen LogP contribution in [-0.2, 0) is 14.8 Å². The maximum atomic E-state index is 12.6. The van der Waals surface area contributed by atoms with Gasteiger partial charge in [0.25, 0.3) is 5.91 Å². The van der Waals surface area contributed by atoms with Crippen LogP contribution >= 0.6 is 11.6 Å².